The minimum atomic E-state index is 0.319. The first-order valence-electron chi connectivity index (χ1n) is 8.67. The van der Waals surface area contributed by atoms with Gasteiger partial charge in [-0.15, -0.1) is 0 Å². The summed E-state index contributed by atoms with van der Waals surface area (Å²) in [6.07, 6.45) is 1.87. The van der Waals surface area contributed by atoms with Gasteiger partial charge in [-0.3, -0.25) is 0 Å². The maximum Gasteiger partial charge on any atom is 0.164 e. The zero-order valence-corrected chi connectivity index (χ0v) is 14.7. The van der Waals surface area contributed by atoms with E-state index in [4.69, 9.17) is 9.47 Å². The van der Waals surface area contributed by atoms with Crippen molar-refractivity contribution in [2.75, 3.05) is 14.2 Å². The molecule has 0 heterocycles. The van der Waals surface area contributed by atoms with Crippen LogP contribution in [0.3, 0.4) is 0 Å². The van der Waals surface area contributed by atoms with Gasteiger partial charge in [0.1, 0.15) is 0 Å². The Morgan fingerprint density at radius 1 is 0.760 bits per heavy atom. The predicted molar refractivity (Wildman–Crippen MR) is 101 cm³/mol. The van der Waals surface area contributed by atoms with E-state index in [2.05, 4.69) is 60.7 Å². The van der Waals surface area contributed by atoms with Crippen LogP contribution in [-0.2, 0) is 12.8 Å². The van der Waals surface area contributed by atoms with E-state index < -0.39 is 0 Å². The first-order chi connectivity index (χ1) is 12.3. The highest BCUT2D eigenvalue weighted by Crippen LogP contribution is 2.43. The van der Waals surface area contributed by atoms with E-state index in [0.29, 0.717) is 5.92 Å². The van der Waals surface area contributed by atoms with Gasteiger partial charge in [0, 0.05) is 17.9 Å². The molecule has 0 amide bonds. The number of hydrogen-bond acceptors (Lipinski definition) is 2. The van der Waals surface area contributed by atoms with Crippen LogP contribution in [0.15, 0.2) is 66.7 Å². The molecule has 0 fully saturated rings. The molecule has 4 rings (SSSR count). The van der Waals surface area contributed by atoms with Crippen LogP contribution >= 0.6 is 0 Å². The van der Waals surface area contributed by atoms with E-state index in [1.54, 1.807) is 14.2 Å². The highest BCUT2D eigenvalue weighted by molar-refractivity contribution is 5.57. The third-order valence-electron chi connectivity index (χ3n) is 5.17. The molecule has 0 spiro atoms. The van der Waals surface area contributed by atoms with Crippen molar-refractivity contribution < 1.29 is 9.47 Å². The largest absolute Gasteiger partial charge is 0.493 e. The minimum Gasteiger partial charge on any atom is -0.493 e. The number of rotatable bonds is 3. The molecule has 1 aliphatic rings. The lowest BCUT2D eigenvalue weighted by atomic mass is 9.85. The van der Waals surface area contributed by atoms with Crippen molar-refractivity contribution in [1.82, 2.24) is 0 Å². The van der Waals surface area contributed by atoms with Gasteiger partial charge in [-0.25, -0.2) is 0 Å². The van der Waals surface area contributed by atoms with Crippen LogP contribution in [0.5, 0.6) is 11.5 Å². The molecular weight excluding hydrogens is 308 g/mol. The standard InChI is InChI=1S/C23H22O2/c1-24-22-13-12-19-20(16-8-4-3-5-9-16)14-17-10-6-7-11-18(17)15-21(19)23(22)25-2/h3-13,20H,14-15H2,1-2H3. The molecule has 3 aromatic rings. The van der Waals surface area contributed by atoms with Gasteiger partial charge in [-0.1, -0.05) is 60.7 Å². The van der Waals surface area contributed by atoms with Crippen molar-refractivity contribution in [1.29, 1.82) is 0 Å². The fourth-order valence-corrected chi connectivity index (χ4v) is 3.95. The molecule has 1 aliphatic carbocycles. The molecule has 0 saturated heterocycles. The second-order valence-corrected chi connectivity index (χ2v) is 6.48. The topological polar surface area (TPSA) is 18.5 Å². The van der Waals surface area contributed by atoms with Gasteiger partial charge in [0.2, 0.25) is 0 Å². The van der Waals surface area contributed by atoms with Gasteiger partial charge in [-0.2, -0.15) is 0 Å². The van der Waals surface area contributed by atoms with Crippen molar-refractivity contribution in [3.63, 3.8) is 0 Å². The molecule has 0 aliphatic heterocycles. The molecule has 0 aromatic heterocycles. The average Bonchev–Trinajstić information content (AvgIpc) is 2.84. The Bertz CT molecular complexity index is 884. The summed E-state index contributed by atoms with van der Waals surface area (Å²) < 4.78 is 11.3. The summed E-state index contributed by atoms with van der Waals surface area (Å²) in [7, 11) is 3.43. The quantitative estimate of drug-likeness (QED) is 0.674. The summed E-state index contributed by atoms with van der Waals surface area (Å²) in [5.41, 5.74) is 6.69. The zero-order valence-electron chi connectivity index (χ0n) is 14.7. The number of benzene rings is 3. The lowest BCUT2D eigenvalue weighted by Gasteiger charge is -2.21. The molecular formula is C23H22O2. The van der Waals surface area contributed by atoms with Crippen LogP contribution in [0.4, 0.5) is 0 Å². The van der Waals surface area contributed by atoms with Crippen molar-refractivity contribution in [2.24, 2.45) is 0 Å². The highest BCUT2D eigenvalue weighted by atomic mass is 16.5. The lowest BCUT2D eigenvalue weighted by Crippen LogP contribution is -2.07. The summed E-state index contributed by atoms with van der Waals surface area (Å²) in [6, 6.07) is 23.7. The van der Waals surface area contributed by atoms with Gasteiger partial charge < -0.3 is 9.47 Å². The van der Waals surface area contributed by atoms with E-state index in [9.17, 15) is 0 Å². The molecule has 2 nitrogen and oxygen atoms in total. The van der Waals surface area contributed by atoms with Gasteiger partial charge in [0.25, 0.3) is 0 Å². The SMILES string of the molecule is COc1ccc2c(c1OC)Cc1ccccc1CC2c1ccccc1. The first-order valence-corrected chi connectivity index (χ1v) is 8.67. The van der Waals surface area contributed by atoms with Gasteiger partial charge in [-0.05, 0) is 34.7 Å². The molecule has 126 valence electrons. The Morgan fingerprint density at radius 2 is 1.48 bits per heavy atom. The molecule has 0 radical (unpaired) electrons. The third-order valence-corrected chi connectivity index (χ3v) is 5.17. The summed E-state index contributed by atoms with van der Waals surface area (Å²) in [5, 5.41) is 0. The predicted octanol–water partition coefficient (Wildman–Crippen LogP) is 4.98. The Morgan fingerprint density at radius 3 is 2.20 bits per heavy atom. The van der Waals surface area contributed by atoms with Gasteiger partial charge >= 0.3 is 0 Å². The summed E-state index contributed by atoms with van der Waals surface area (Å²) >= 11 is 0. The number of hydrogen-bond donors (Lipinski definition) is 0. The Kier molecular flexibility index (Phi) is 4.19. The summed E-state index contributed by atoms with van der Waals surface area (Å²) in [4.78, 5) is 0. The van der Waals surface area contributed by atoms with E-state index >= 15 is 0 Å². The van der Waals surface area contributed by atoms with Crippen molar-refractivity contribution in [3.8, 4) is 11.5 Å². The Hall–Kier alpha value is -2.74. The van der Waals surface area contributed by atoms with Gasteiger partial charge in [0.05, 0.1) is 14.2 Å². The van der Waals surface area contributed by atoms with Crippen LogP contribution in [0.25, 0.3) is 0 Å². The van der Waals surface area contributed by atoms with Gasteiger partial charge in [0.15, 0.2) is 11.5 Å². The van der Waals surface area contributed by atoms with Crippen molar-refractivity contribution >= 4 is 0 Å². The molecule has 3 aromatic carbocycles. The fourth-order valence-electron chi connectivity index (χ4n) is 3.95. The maximum absolute atomic E-state index is 5.76. The molecule has 0 bridgehead atoms. The number of fused-ring (bicyclic) bond motifs is 2. The maximum atomic E-state index is 5.76. The Labute approximate surface area is 149 Å². The number of ether oxygens (including phenoxy) is 2. The molecule has 0 N–H and O–H groups in total. The van der Waals surface area contributed by atoms with E-state index in [0.717, 1.165) is 24.3 Å². The van der Waals surface area contributed by atoms with Crippen LogP contribution in [0.2, 0.25) is 0 Å². The van der Waals surface area contributed by atoms with Crippen LogP contribution in [0, 0.1) is 0 Å². The van der Waals surface area contributed by atoms with E-state index in [-0.39, 0.29) is 0 Å². The normalized spacial score (nSPS) is 15.7. The second-order valence-electron chi connectivity index (χ2n) is 6.48. The molecule has 25 heavy (non-hydrogen) atoms. The average molecular weight is 330 g/mol. The third kappa shape index (κ3) is 2.78. The fraction of sp³-hybridized carbons (Fsp3) is 0.217. The van der Waals surface area contributed by atoms with E-state index in [1.165, 1.54) is 27.8 Å². The lowest BCUT2D eigenvalue weighted by molar-refractivity contribution is 0.351. The minimum absolute atomic E-state index is 0.319. The van der Waals surface area contributed by atoms with E-state index in [1.807, 2.05) is 6.07 Å². The first kappa shape index (κ1) is 15.8. The second kappa shape index (κ2) is 6.64. The Balaban J connectivity index is 1.96. The van der Waals surface area contributed by atoms with Crippen LogP contribution in [-0.4, -0.2) is 14.2 Å². The van der Waals surface area contributed by atoms with Crippen molar-refractivity contribution in [2.45, 2.75) is 18.8 Å². The molecule has 1 atom stereocenters. The number of methoxy groups -OCH3 is 2. The van der Waals surface area contributed by atoms with Crippen LogP contribution < -0.4 is 9.47 Å². The van der Waals surface area contributed by atoms with Crippen LogP contribution in [0.1, 0.15) is 33.7 Å². The highest BCUT2D eigenvalue weighted by Gasteiger charge is 2.27. The molecule has 1 unspecified atom stereocenters. The monoisotopic (exact) mass is 330 g/mol. The smallest absolute Gasteiger partial charge is 0.164 e. The summed E-state index contributed by atoms with van der Waals surface area (Å²) in [6.45, 7) is 0. The summed E-state index contributed by atoms with van der Waals surface area (Å²) in [5.74, 6) is 1.98. The zero-order chi connectivity index (χ0) is 17.2. The molecule has 2 heteroatoms. The van der Waals surface area contributed by atoms with Crippen molar-refractivity contribution in [3.05, 3.63) is 94.5 Å². The molecule has 0 saturated carbocycles.